The van der Waals surface area contributed by atoms with E-state index in [2.05, 4.69) is 10.9 Å². The van der Waals surface area contributed by atoms with Crippen LogP contribution in [0.4, 0.5) is 5.69 Å². The lowest BCUT2D eigenvalue weighted by Crippen LogP contribution is -2.48. The van der Waals surface area contributed by atoms with Crippen molar-refractivity contribution in [3.05, 3.63) is 64.7 Å². The van der Waals surface area contributed by atoms with Gasteiger partial charge in [-0.05, 0) is 30.2 Å². The maximum absolute atomic E-state index is 12.7. The van der Waals surface area contributed by atoms with Crippen molar-refractivity contribution in [2.75, 3.05) is 4.90 Å². The molecule has 2 aromatic rings. The Kier molecular flexibility index (Phi) is 5.35. The van der Waals surface area contributed by atoms with Gasteiger partial charge in [0, 0.05) is 0 Å². The summed E-state index contributed by atoms with van der Waals surface area (Å²) in [5, 5.41) is 0.305. The highest BCUT2D eigenvalue weighted by Gasteiger charge is 2.40. The van der Waals surface area contributed by atoms with Crippen LogP contribution in [0.2, 0.25) is 5.02 Å². The second-order valence-corrected chi connectivity index (χ2v) is 6.29. The number of hydrogen-bond acceptors (Lipinski definition) is 4. The number of rotatable bonds is 5. The van der Waals surface area contributed by atoms with Crippen LogP contribution in [0.15, 0.2) is 48.5 Å². The van der Waals surface area contributed by atoms with Gasteiger partial charge in [0.2, 0.25) is 5.91 Å². The number of halogens is 1. The number of nitrogens with zero attached hydrogens (tertiary/aromatic N) is 1. The molecule has 3 rings (SSSR count). The molecule has 1 heterocycles. The van der Waals surface area contributed by atoms with Crippen LogP contribution < -0.4 is 15.8 Å². The third-order valence-electron chi connectivity index (χ3n) is 4.24. The Labute approximate surface area is 156 Å². The topological polar surface area (TPSA) is 78.5 Å². The van der Waals surface area contributed by atoms with Gasteiger partial charge in [-0.1, -0.05) is 48.9 Å². The van der Waals surface area contributed by atoms with Gasteiger partial charge in [0.15, 0.2) is 0 Å². The quantitative estimate of drug-likeness (QED) is 0.625. The van der Waals surface area contributed by atoms with Crippen molar-refractivity contribution in [3.8, 4) is 0 Å². The molecule has 0 saturated carbocycles. The van der Waals surface area contributed by atoms with Crippen LogP contribution in [0.1, 0.15) is 29.3 Å². The van der Waals surface area contributed by atoms with E-state index in [1.807, 2.05) is 19.1 Å². The maximum Gasteiger partial charge on any atom is 0.266 e. The van der Waals surface area contributed by atoms with Gasteiger partial charge in [-0.25, -0.2) is 10.3 Å². The van der Waals surface area contributed by atoms with E-state index in [1.54, 1.807) is 36.4 Å². The molecular weight excluding hydrogens is 354 g/mol. The van der Waals surface area contributed by atoms with E-state index in [0.717, 1.165) is 5.56 Å². The van der Waals surface area contributed by atoms with E-state index in [1.165, 1.54) is 4.90 Å². The molecule has 0 aliphatic carbocycles. The first kappa shape index (κ1) is 18.1. The summed E-state index contributed by atoms with van der Waals surface area (Å²) in [6.07, 6.45) is 0.675. The van der Waals surface area contributed by atoms with Crippen molar-refractivity contribution in [3.63, 3.8) is 0 Å². The molecule has 3 amide bonds. The summed E-state index contributed by atoms with van der Waals surface area (Å²) in [6.45, 7) is 1.96. The van der Waals surface area contributed by atoms with Gasteiger partial charge >= 0.3 is 0 Å². The first-order valence-corrected chi connectivity index (χ1v) is 8.65. The van der Waals surface area contributed by atoms with Crippen molar-refractivity contribution >= 4 is 35.0 Å². The predicted molar refractivity (Wildman–Crippen MR) is 98.8 cm³/mol. The molecule has 26 heavy (non-hydrogen) atoms. The largest absolute Gasteiger partial charge is 0.287 e. The Morgan fingerprint density at radius 1 is 1.15 bits per heavy atom. The molecule has 0 spiro atoms. The molecule has 1 fully saturated rings. The molecule has 0 bridgehead atoms. The van der Waals surface area contributed by atoms with Gasteiger partial charge in [-0.3, -0.25) is 19.8 Å². The average molecular weight is 372 g/mol. The Bertz CT molecular complexity index is 869. The summed E-state index contributed by atoms with van der Waals surface area (Å²) >= 11 is 5.99. The Balaban J connectivity index is 1.71. The summed E-state index contributed by atoms with van der Waals surface area (Å²) in [6, 6.07) is 13.0. The van der Waals surface area contributed by atoms with Gasteiger partial charge in [0.1, 0.15) is 6.04 Å². The molecule has 0 unspecified atom stereocenters. The second kappa shape index (κ2) is 7.68. The summed E-state index contributed by atoms with van der Waals surface area (Å²) in [7, 11) is 0. The lowest BCUT2D eigenvalue weighted by molar-refractivity contribution is -0.121. The van der Waals surface area contributed by atoms with Crippen LogP contribution in [0.3, 0.4) is 0 Å². The second-order valence-electron chi connectivity index (χ2n) is 5.88. The highest BCUT2D eigenvalue weighted by atomic mass is 35.5. The fourth-order valence-corrected chi connectivity index (χ4v) is 3.11. The van der Waals surface area contributed by atoms with E-state index in [4.69, 9.17) is 11.6 Å². The first-order chi connectivity index (χ1) is 12.5. The van der Waals surface area contributed by atoms with Crippen molar-refractivity contribution in [1.82, 2.24) is 10.9 Å². The summed E-state index contributed by atoms with van der Waals surface area (Å²) in [5.41, 5.74) is 6.90. The lowest BCUT2D eigenvalue weighted by atomic mass is 10.1. The number of amides is 3. The summed E-state index contributed by atoms with van der Waals surface area (Å²) in [4.78, 5) is 38.4. The SMILES string of the molecule is CCc1ccccc1N1C(=O)C[C@H](NNC(=O)c2ccccc2Cl)C1=O. The molecule has 1 aliphatic rings. The standard InChI is InChI=1S/C19H18ClN3O3/c1-2-12-7-3-6-10-16(12)23-17(24)11-15(19(23)26)21-22-18(25)13-8-4-5-9-14(13)20/h3-10,15,21H,2,11H2,1H3,(H,22,25)/t15-/m0/s1. The van der Waals surface area contributed by atoms with E-state index in [0.29, 0.717) is 17.1 Å². The third kappa shape index (κ3) is 3.47. The first-order valence-electron chi connectivity index (χ1n) is 8.28. The van der Waals surface area contributed by atoms with Crippen molar-refractivity contribution in [2.24, 2.45) is 0 Å². The van der Waals surface area contributed by atoms with Crippen LogP contribution in [0.25, 0.3) is 0 Å². The number of carbonyl (C=O) groups excluding carboxylic acids is 3. The van der Waals surface area contributed by atoms with Gasteiger partial charge in [0.25, 0.3) is 11.8 Å². The molecule has 0 radical (unpaired) electrons. The molecule has 1 atom stereocenters. The normalized spacial score (nSPS) is 16.8. The van der Waals surface area contributed by atoms with Crippen molar-refractivity contribution in [2.45, 2.75) is 25.8 Å². The molecule has 0 aromatic heterocycles. The minimum atomic E-state index is -0.821. The predicted octanol–water partition coefficient (Wildman–Crippen LogP) is 2.47. The zero-order valence-corrected chi connectivity index (χ0v) is 14.9. The number of imide groups is 1. The summed E-state index contributed by atoms with van der Waals surface area (Å²) in [5.74, 6) is -1.17. The third-order valence-corrected chi connectivity index (χ3v) is 4.57. The van der Waals surface area contributed by atoms with E-state index in [-0.39, 0.29) is 17.9 Å². The van der Waals surface area contributed by atoms with Crippen LogP contribution in [-0.2, 0) is 16.0 Å². The maximum atomic E-state index is 12.7. The number of anilines is 1. The minimum absolute atomic E-state index is 0.0281. The summed E-state index contributed by atoms with van der Waals surface area (Å²) < 4.78 is 0. The number of hydrogen-bond donors (Lipinski definition) is 2. The molecular formula is C19H18ClN3O3. The highest BCUT2D eigenvalue weighted by Crippen LogP contribution is 2.26. The fraction of sp³-hybridized carbons (Fsp3) is 0.211. The monoisotopic (exact) mass is 371 g/mol. The molecule has 1 aliphatic heterocycles. The fourth-order valence-electron chi connectivity index (χ4n) is 2.89. The van der Waals surface area contributed by atoms with Gasteiger partial charge in [-0.15, -0.1) is 0 Å². The Morgan fingerprint density at radius 3 is 2.58 bits per heavy atom. The van der Waals surface area contributed by atoms with Gasteiger partial charge in [0.05, 0.1) is 22.7 Å². The van der Waals surface area contributed by atoms with Crippen LogP contribution in [-0.4, -0.2) is 23.8 Å². The zero-order chi connectivity index (χ0) is 18.7. The molecule has 134 valence electrons. The number of aryl methyl sites for hydroxylation is 1. The average Bonchev–Trinajstić information content (AvgIpc) is 2.93. The van der Waals surface area contributed by atoms with Crippen molar-refractivity contribution in [1.29, 1.82) is 0 Å². The molecule has 1 saturated heterocycles. The van der Waals surface area contributed by atoms with E-state index < -0.39 is 17.9 Å². The van der Waals surface area contributed by atoms with Crippen molar-refractivity contribution < 1.29 is 14.4 Å². The number of para-hydroxylation sites is 1. The molecule has 7 heteroatoms. The molecule has 2 N–H and O–H groups in total. The number of carbonyl (C=O) groups is 3. The van der Waals surface area contributed by atoms with Gasteiger partial charge < -0.3 is 0 Å². The lowest BCUT2D eigenvalue weighted by Gasteiger charge is -2.18. The van der Waals surface area contributed by atoms with Crippen LogP contribution >= 0.6 is 11.6 Å². The van der Waals surface area contributed by atoms with Crippen LogP contribution in [0.5, 0.6) is 0 Å². The highest BCUT2D eigenvalue weighted by molar-refractivity contribution is 6.33. The number of hydrazine groups is 1. The molecule has 2 aromatic carbocycles. The number of benzene rings is 2. The molecule has 6 nitrogen and oxygen atoms in total. The Hall–Kier alpha value is -2.70. The smallest absolute Gasteiger partial charge is 0.266 e. The number of nitrogens with one attached hydrogen (secondary N) is 2. The van der Waals surface area contributed by atoms with Crippen LogP contribution in [0, 0.1) is 0 Å². The van der Waals surface area contributed by atoms with E-state index >= 15 is 0 Å². The van der Waals surface area contributed by atoms with Gasteiger partial charge in [-0.2, -0.15) is 0 Å². The minimum Gasteiger partial charge on any atom is -0.287 e. The zero-order valence-electron chi connectivity index (χ0n) is 14.2. The van der Waals surface area contributed by atoms with E-state index in [9.17, 15) is 14.4 Å². The Morgan fingerprint density at radius 2 is 1.85 bits per heavy atom.